The number of carbonyl (C=O) groups excluding carboxylic acids is 4. The lowest BCUT2D eigenvalue weighted by molar-refractivity contribution is -0.138. The van der Waals surface area contributed by atoms with Crippen molar-refractivity contribution in [1.82, 2.24) is 30.2 Å². The van der Waals surface area contributed by atoms with Gasteiger partial charge in [0.2, 0.25) is 17.7 Å². The van der Waals surface area contributed by atoms with E-state index in [1.165, 1.54) is 22.2 Å². The van der Waals surface area contributed by atoms with Gasteiger partial charge in [-0.1, -0.05) is 62.6 Å². The quantitative estimate of drug-likeness (QED) is 0.262. The molecule has 11 heteroatoms. The van der Waals surface area contributed by atoms with Crippen LogP contribution in [0.4, 0.5) is 5.69 Å². The minimum atomic E-state index is -0.666. The number of benzene rings is 2. The molecule has 2 unspecified atom stereocenters. The molecular weight excluding hydrogens is 630 g/mol. The van der Waals surface area contributed by atoms with Crippen LogP contribution in [0.1, 0.15) is 85.1 Å². The Labute approximate surface area is 295 Å². The Morgan fingerprint density at radius 3 is 2.34 bits per heavy atom. The number of carbonyl (C=O) groups is 4. The van der Waals surface area contributed by atoms with Crippen molar-refractivity contribution in [3.63, 3.8) is 0 Å². The van der Waals surface area contributed by atoms with E-state index in [1.54, 1.807) is 26.2 Å². The molecule has 0 radical (unpaired) electrons. The molecule has 0 bridgehead atoms. The molecule has 1 saturated carbocycles. The van der Waals surface area contributed by atoms with Gasteiger partial charge in [0, 0.05) is 70.5 Å². The van der Waals surface area contributed by atoms with Crippen LogP contribution in [0, 0.1) is 11.8 Å². The molecule has 1 aliphatic heterocycles. The van der Waals surface area contributed by atoms with Gasteiger partial charge in [0.05, 0.1) is 5.92 Å². The van der Waals surface area contributed by atoms with E-state index in [0.29, 0.717) is 43.4 Å². The molecule has 50 heavy (non-hydrogen) atoms. The highest BCUT2D eigenvalue weighted by molar-refractivity contribution is 5.95. The van der Waals surface area contributed by atoms with Gasteiger partial charge in [0.25, 0.3) is 5.91 Å². The molecule has 2 aromatic carbocycles. The summed E-state index contributed by atoms with van der Waals surface area (Å²) in [5, 5.41) is 13.1. The third-order valence-corrected chi connectivity index (χ3v) is 10.9. The summed E-state index contributed by atoms with van der Waals surface area (Å²) in [6.45, 7) is 4.92. The number of anilines is 1. The van der Waals surface area contributed by atoms with Gasteiger partial charge in [-0.2, -0.15) is 5.10 Å². The van der Waals surface area contributed by atoms with E-state index in [2.05, 4.69) is 50.2 Å². The minimum Gasteiger partial charge on any atom is -0.350 e. The summed E-state index contributed by atoms with van der Waals surface area (Å²) in [4.78, 5) is 57.2. The molecule has 11 nitrogen and oxygen atoms in total. The van der Waals surface area contributed by atoms with Crippen LogP contribution in [0.2, 0.25) is 0 Å². The van der Waals surface area contributed by atoms with Gasteiger partial charge in [-0.25, -0.2) is 0 Å². The maximum Gasteiger partial charge on any atom is 0.269 e. The number of aromatic nitrogens is 2. The summed E-state index contributed by atoms with van der Waals surface area (Å²) in [7, 11) is 1.72. The fraction of sp³-hybridized carbons (Fsp3) is 0.513. The Bertz CT molecular complexity index is 1640. The van der Waals surface area contributed by atoms with Crippen molar-refractivity contribution >= 4 is 29.3 Å². The topological polar surface area (TPSA) is 129 Å². The van der Waals surface area contributed by atoms with Crippen LogP contribution in [0.5, 0.6) is 0 Å². The van der Waals surface area contributed by atoms with Crippen molar-refractivity contribution in [2.75, 3.05) is 38.0 Å². The highest BCUT2D eigenvalue weighted by atomic mass is 16.2. The van der Waals surface area contributed by atoms with Crippen molar-refractivity contribution in [2.24, 2.45) is 18.9 Å². The monoisotopic (exact) mass is 681 g/mol. The predicted octanol–water partition coefficient (Wildman–Crippen LogP) is 4.25. The average Bonchev–Trinajstić information content (AvgIpc) is 3.78. The number of aryl methyl sites for hydroxylation is 2. The summed E-state index contributed by atoms with van der Waals surface area (Å²) >= 11 is 0. The largest absolute Gasteiger partial charge is 0.350 e. The van der Waals surface area contributed by atoms with Gasteiger partial charge in [-0.05, 0) is 66.5 Å². The van der Waals surface area contributed by atoms with Crippen LogP contribution in [-0.4, -0.2) is 82.0 Å². The zero-order valence-electron chi connectivity index (χ0n) is 29.4. The lowest BCUT2D eigenvalue weighted by atomic mass is 9.79. The van der Waals surface area contributed by atoms with Crippen LogP contribution < -0.4 is 16.0 Å². The highest BCUT2D eigenvalue weighted by Gasteiger charge is 2.34. The average molecular weight is 682 g/mol. The molecule has 2 fully saturated rings. The van der Waals surface area contributed by atoms with E-state index in [-0.39, 0.29) is 42.0 Å². The maximum absolute atomic E-state index is 13.8. The zero-order chi connectivity index (χ0) is 35.0. The Morgan fingerprint density at radius 1 is 0.900 bits per heavy atom. The number of hydrogen-bond donors (Lipinski definition) is 3. The molecule has 3 aromatic rings. The Kier molecular flexibility index (Phi) is 11.6. The molecular formula is C39H51N7O4. The molecule has 4 amide bonds. The number of piperazine rings is 1. The molecule has 266 valence electrons. The number of nitrogens with one attached hydrogen (secondary N) is 3. The van der Waals surface area contributed by atoms with Crippen molar-refractivity contribution in [3.8, 4) is 0 Å². The maximum atomic E-state index is 13.8. The number of nitrogens with zero attached hydrogens (tertiary/aromatic N) is 4. The molecule has 3 aliphatic rings. The zero-order valence-corrected chi connectivity index (χ0v) is 29.4. The van der Waals surface area contributed by atoms with Crippen molar-refractivity contribution < 1.29 is 19.2 Å². The van der Waals surface area contributed by atoms with E-state index in [1.807, 2.05) is 29.2 Å². The standard InChI is InChI=1S/C39H51N7O4/c1-3-36(47)43-33(39(50)46-23-21-45(22-24-46)34-18-15-29-11-7-8-12-31(29)34)25-27-13-16-30(17-14-27)42-37(48)32(28-9-5-4-6-10-28)26-40-38(49)35-19-20-41-44(35)2/h7-8,11-14,16-17,19-20,28,32-34H,3-6,9-10,15,18,21-26H2,1-2H3,(H,40,49)(H,42,48)(H,43,47)/t32?,33-,34?/m1/s1. The lowest BCUT2D eigenvalue weighted by Gasteiger charge is -2.39. The SMILES string of the molecule is CCC(=O)N[C@H](Cc1ccc(NC(=O)C(CNC(=O)c2ccnn2C)C2CCCCC2)cc1)C(=O)N1CCN(C2CCc3ccccc32)CC1. The third kappa shape index (κ3) is 8.43. The number of amides is 4. The Hall–Kier alpha value is -4.51. The minimum absolute atomic E-state index is 0.0563. The second-order valence-corrected chi connectivity index (χ2v) is 14.0. The highest BCUT2D eigenvalue weighted by Crippen LogP contribution is 2.36. The third-order valence-electron chi connectivity index (χ3n) is 10.9. The smallest absolute Gasteiger partial charge is 0.269 e. The van der Waals surface area contributed by atoms with Crippen LogP contribution in [0.25, 0.3) is 0 Å². The molecule has 1 saturated heterocycles. The van der Waals surface area contributed by atoms with Gasteiger partial charge in [-0.3, -0.25) is 28.8 Å². The number of fused-ring (bicyclic) bond motifs is 1. The number of hydrogen-bond acceptors (Lipinski definition) is 6. The first-order valence-corrected chi connectivity index (χ1v) is 18.4. The second kappa shape index (κ2) is 16.5. The normalized spacial score (nSPS) is 19.3. The molecule has 1 aromatic heterocycles. The van der Waals surface area contributed by atoms with Crippen molar-refractivity contribution in [1.29, 1.82) is 0 Å². The first kappa shape index (κ1) is 35.3. The van der Waals surface area contributed by atoms with E-state index in [0.717, 1.165) is 57.2 Å². The molecule has 3 atom stereocenters. The van der Waals surface area contributed by atoms with Crippen LogP contribution in [-0.2, 0) is 34.3 Å². The van der Waals surface area contributed by atoms with E-state index >= 15 is 0 Å². The Morgan fingerprint density at radius 2 is 1.64 bits per heavy atom. The number of rotatable bonds is 12. The summed E-state index contributed by atoms with van der Waals surface area (Å²) < 4.78 is 1.52. The molecule has 2 heterocycles. The van der Waals surface area contributed by atoms with E-state index < -0.39 is 6.04 Å². The predicted molar refractivity (Wildman–Crippen MR) is 192 cm³/mol. The van der Waals surface area contributed by atoms with Gasteiger partial charge < -0.3 is 20.9 Å². The van der Waals surface area contributed by atoms with E-state index in [4.69, 9.17) is 0 Å². The van der Waals surface area contributed by atoms with Crippen LogP contribution in [0.3, 0.4) is 0 Å². The summed E-state index contributed by atoms with van der Waals surface area (Å²) in [6, 6.07) is 17.6. The van der Waals surface area contributed by atoms with Crippen molar-refractivity contribution in [2.45, 2.75) is 76.8 Å². The molecule has 3 N–H and O–H groups in total. The van der Waals surface area contributed by atoms with Crippen molar-refractivity contribution in [3.05, 3.63) is 83.2 Å². The lowest BCUT2D eigenvalue weighted by Crippen LogP contribution is -2.55. The van der Waals surface area contributed by atoms with Gasteiger partial charge in [0.15, 0.2) is 0 Å². The summed E-state index contributed by atoms with van der Waals surface area (Å²) in [5.41, 5.74) is 4.84. The fourth-order valence-electron chi connectivity index (χ4n) is 7.98. The molecule has 0 spiro atoms. The molecule has 6 rings (SSSR count). The first-order valence-electron chi connectivity index (χ1n) is 18.4. The van der Waals surface area contributed by atoms with Gasteiger partial charge in [0.1, 0.15) is 11.7 Å². The van der Waals surface area contributed by atoms with Gasteiger partial charge in [-0.15, -0.1) is 0 Å². The molecule has 2 aliphatic carbocycles. The second-order valence-electron chi connectivity index (χ2n) is 14.0. The fourth-order valence-corrected chi connectivity index (χ4v) is 7.98. The van der Waals surface area contributed by atoms with Crippen LogP contribution in [0.15, 0.2) is 60.8 Å². The van der Waals surface area contributed by atoms with E-state index in [9.17, 15) is 19.2 Å². The van der Waals surface area contributed by atoms with Gasteiger partial charge >= 0.3 is 0 Å². The van der Waals surface area contributed by atoms with Crippen LogP contribution >= 0.6 is 0 Å². The first-order chi connectivity index (χ1) is 24.3. The Balaban J connectivity index is 1.06. The summed E-state index contributed by atoms with van der Waals surface area (Å²) in [5.74, 6) is -0.735. The summed E-state index contributed by atoms with van der Waals surface area (Å²) in [6.07, 6.45) is 9.70.